The molecule has 0 spiro atoms. The molecule has 8 heteroatoms. The largest absolute Gasteiger partial charge is 0.425 e. The zero-order valence-electron chi connectivity index (χ0n) is 15.8. The molecule has 0 saturated heterocycles. The van der Waals surface area contributed by atoms with E-state index in [2.05, 4.69) is 4.98 Å². The van der Waals surface area contributed by atoms with Gasteiger partial charge in [0.1, 0.15) is 11.3 Å². The number of methoxy groups -OCH3 is 1. The van der Waals surface area contributed by atoms with Crippen molar-refractivity contribution in [3.63, 3.8) is 0 Å². The number of ether oxygens (including phenoxy) is 2. The normalized spacial score (nSPS) is 11.5. The lowest BCUT2D eigenvalue weighted by atomic mass is 10.1. The minimum atomic E-state index is -0.582. The number of pyridine rings is 2. The second kappa shape index (κ2) is 8.02. The minimum absolute atomic E-state index is 0.181. The van der Waals surface area contributed by atoms with Crippen LogP contribution in [0, 0.1) is 5.82 Å². The fourth-order valence-corrected chi connectivity index (χ4v) is 3.40. The fourth-order valence-electron chi connectivity index (χ4n) is 3.40. The Balaban J connectivity index is 1.83. The highest BCUT2D eigenvalue weighted by molar-refractivity contribution is 6.06. The Morgan fingerprint density at radius 3 is 2.72 bits per heavy atom. The predicted molar refractivity (Wildman–Crippen MR) is 106 cm³/mol. The zero-order valence-corrected chi connectivity index (χ0v) is 15.8. The lowest BCUT2D eigenvalue weighted by Crippen LogP contribution is -2.17. The van der Waals surface area contributed by atoms with E-state index in [1.807, 2.05) is 10.8 Å². The van der Waals surface area contributed by atoms with Crippen LogP contribution in [0.1, 0.15) is 11.1 Å². The van der Waals surface area contributed by atoms with Crippen molar-refractivity contribution >= 4 is 21.8 Å². The SMILES string of the molecule is COCCOCc1cn(Cc2ccc(F)cc2)c2cnc3c(=O)n(O)ccc3c12. The Labute approximate surface area is 165 Å². The number of rotatable bonds is 7. The van der Waals surface area contributed by atoms with Crippen LogP contribution in [0.3, 0.4) is 0 Å². The molecule has 0 fully saturated rings. The molecule has 1 aromatic carbocycles. The van der Waals surface area contributed by atoms with Gasteiger partial charge in [-0.3, -0.25) is 4.79 Å². The lowest BCUT2D eigenvalue weighted by molar-refractivity contribution is 0.0621. The van der Waals surface area contributed by atoms with Crippen molar-refractivity contribution in [3.05, 3.63) is 76.2 Å². The zero-order chi connectivity index (χ0) is 20.4. The summed E-state index contributed by atoms with van der Waals surface area (Å²) in [6.07, 6.45) is 4.87. The summed E-state index contributed by atoms with van der Waals surface area (Å²) in [5.74, 6) is -0.286. The van der Waals surface area contributed by atoms with Crippen molar-refractivity contribution in [2.45, 2.75) is 13.2 Å². The van der Waals surface area contributed by atoms with Gasteiger partial charge in [-0.2, -0.15) is 4.73 Å². The third kappa shape index (κ3) is 3.72. The van der Waals surface area contributed by atoms with Crippen molar-refractivity contribution in [2.24, 2.45) is 0 Å². The summed E-state index contributed by atoms with van der Waals surface area (Å²) < 4.78 is 26.5. The van der Waals surface area contributed by atoms with E-state index >= 15 is 0 Å². The van der Waals surface area contributed by atoms with Crippen LogP contribution in [0.2, 0.25) is 0 Å². The number of aromatic nitrogens is 3. The Kier molecular flexibility index (Phi) is 5.28. The first kappa shape index (κ1) is 19.1. The van der Waals surface area contributed by atoms with E-state index < -0.39 is 5.56 Å². The number of hydrogen-bond donors (Lipinski definition) is 1. The van der Waals surface area contributed by atoms with Gasteiger partial charge >= 0.3 is 5.56 Å². The number of benzene rings is 1. The molecule has 3 aromatic heterocycles. The second-order valence-corrected chi connectivity index (χ2v) is 6.70. The third-order valence-electron chi connectivity index (χ3n) is 4.79. The maximum absolute atomic E-state index is 13.2. The molecule has 0 aliphatic rings. The Morgan fingerprint density at radius 1 is 1.17 bits per heavy atom. The van der Waals surface area contributed by atoms with Crippen LogP contribution in [-0.4, -0.2) is 39.8 Å². The third-order valence-corrected chi connectivity index (χ3v) is 4.79. The number of nitrogens with zero attached hydrogens (tertiary/aromatic N) is 3. The van der Waals surface area contributed by atoms with Crippen molar-refractivity contribution < 1.29 is 19.1 Å². The molecule has 0 unspecified atom stereocenters. The highest BCUT2D eigenvalue weighted by Gasteiger charge is 2.15. The summed E-state index contributed by atoms with van der Waals surface area (Å²) in [5.41, 5.74) is 2.24. The Morgan fingerprint density at radius 2 is 1.97 bits per heavy atom. The van der Waals surface area contributed by atoms with Gasteiger partial charge in [0.25, 0.3) is 0 Å². The average molecular weight is 397 g/mol. The number of hydrogen-bond acceptors (Lipinski definition) is 5. The van der Waals surface area contributed by atoms with E-state index in [-0.39, 0.29) is 11.3 Å². The van der Waals surface area contributed by atoms with E-state index in [1.54, 1.807) is 31.5 Å². The quantitative estimate of drug-likeness (QED) is 0.383. The highest BCUT2D eigenvalue weighted by Crippen LogP contribution is 2.28. The molecule has 1 N–H and O–H groups in total. The molecule has 3 heterocycles. The standard InChI is InChI=1S/C21H20FN3O4/c1-28-8-9-29-13-15-12-24(11-14-2-4-16(22)5-3-14)18-10-23-20-17(19(15)18)6-7-25(27)21(20)26/h2-7,10,12,27H,8-9,11,13H2,1H3. The molecule has 4 aromatic rings. The molecule has 150 valence electrons. The summed E-state index contributed by atoms with van der Waals surface area (Å²) in [5, 5.41) is 11.2. The number of halogens is 1. The smallest absolute Gasteiger partial charge is 0.309 e. The maximum atomic E-state index is 13.2. The molecule has 0 aliphatic carbocycles. The van der Waals surface area contributed by atoms with Gasteiger partial charge in [0.2, 0.25) is 0 Å². The fraction of sp³-hybridized carbons (Fsp3) is 0.238. The van der Waals surface area contributed by atoms with E-state index in [4.69, 9.17) is 9.47 Å². The molecule has 7 nitrogen and oxygen atoms in total. The molecular formula is C21H20FN3O4. The first-order chi connectivity index (χ1) is 14.1. The van der Waals surface area contributed by atoms with Crippen molar-refractivity contribution in [3.8, 4) is 0 Å². The van der Waals surface area contributed by atoms with Crippen LogP contribution in [0.25, 0.3) is 21.8 Å². The van der Waals surface area contributed by atoms with E-state index in [1.165, 1.54) is 18.3 Å². The highest BCUT2D eigenvalue weighted by atomic mass is 19.1. The molecule has 0 bridgehead atoms. The van der Waals surface area contributed by atoms with Crippen molar-refractivity contribution in [2.75, 3.05) is 20.3 Å². The molecule has 4 rings (SSSR count). The van der Waals surface area contributed by atoms with E-state index in [0.717, 1.165) is 22.0 Å². The van der Waals surface area contributed by atoms with E-state index in [9.17, 15) is 14.4 Å². The Bertz CT molecular complexity index is 1210. The molecule has 0 atom stereocenters. The number of fused-ring (bicyclic) bond motifs is 3. The summed E-state index contributed by atoms with van der Waals surface area (Å²) in [6.45, 7) is 1.76. The van der Waals surface area contributed by atoms with Gasteiger partial charge in [-0.1, -0.05) is 12.1 Å². The molecular weight excluding hydrogens is 377 g/mol. The van der Waals surface area contributed by atoms with Crippen molar-refractivity contribution in [1.29, 1.82) is 0 Å². The summed E-state index contributed by atoms with van der Waals surface area (Å²) in [7, 11) is 1.61. The summed E-state index contributed by atoms with van der Waals surface area (Å²) >= 11 is 0. The Hall–Kier alpha value is -3.23. The van der Waals surface area contributed by atoms with Crippen LogP contribution in [0.15, 0.2) is 53.7 Å². The van der Waals surface area contributed by atoms with Crippen LogP contribution in [0.5, 0.6) is 0 Å². The topological polar surface area (TPSA) is 78.5 Å². The average Bonchev–Trinajstić information content (AvgIpc) is 3.07. The minimum Gasteiger partial charge on any atom is -0.425 e. The van der Waals surface area contributed by atoms with Gasteiger partial charge in [0.05, 0.1) is 31.5 Å². The van der Waals surface area contributed by atoms with Gasteiger partial charge in [-0.25, -0.2) is 9.37 Å². The van der Waals surface area contributed by atoms with Crippen LogP contribution < -0.4 is 5.56 Å². The summed E-state index contributed by atoms with van der Waals surface area (Å²) in [4.78, 5) is 16.5. The monoisotopic (exact) mass is 397 g/mol. The van der Waals surface area contributed by atoms with Gasteiger partial charge in [-0.05, 0) is 23.8 Å². The molecule has 0 aliphatic heterocycles. The van der Waals surface area contributed by atoms with Crippen molar-refractivity contribution in [1.82, 2.24) is 14.3 Å². The van der Waals surface area contributed by atoms with Crippen LogP contribution in [-0.2, 0) is 22.6 Å². The van der Waals surface area contributed by atoms with Gasteiger partial charge in [-0.15, -0.1) is 0 Å². The molecule has 0 radical (unpaired) electrons. The lowest BCUT2D eigenvalue weighted by Gasteiger charge is -2.07. The van der Waals surface area contributed by atoms with E-state index in [0.29, 0.717) is 36.5 Å². The second-order valence-electron chi connectivity index (χ2n) is 6.70. The summed E-state index contributed by atoms with van der Waals surface area (Å²) in [6, 6.07) is 7.97. The maximum Gasteiger partial charge on any atom is 0.309 e. The van der Waals surface area contributed by atoms with Gasteiger partial charge < -0.3 is 19.2 Å². The van der Waals surface area contributed by atoms with Gasteiger partial charge in [0.15, 0.2) is 0 Å². The molecule has 29 heavy (non-hydrogen) atoms. The molecule has 0 amide bonds. The first-order valence-electron chi connectivity index (χ1n) is 9.11. The molecule has 0 saturated carbocycles. The predicted octanol–water partition coefficient (Wildman–Crippen LogP) is 2.94. The van der Waals surface area contributed by atoms with Crippen LogP contribution >= 0.6 is 0 Å². The first-order valence-corrected chi connectivity index (χ1v) is 9.11. The van der Waals surface area contributed by atoms with Crippen LogP contribution in [0.4, 0.5) is 4.39 Å². The van der Waals surface area contributed by atoms with Gasteiger partial charge in [0, 0.05) is 42.4 Å².